The minimum Gasteiger partial charge on any atom is -0.384 e. The summed E-state index contributed by atoms with van der Waals surface area (Å²) in [4.78, 5) is 3.98. The van der Waals surface area contributed by atoms with Gasteiger partial charge in [-0.05, 0) is 23.6 Å². The lowest BCUT2D eigenvalue weighted by Gasteiger charge is -1.96. The van der Waals surface area contributed by atoms with Gasteiger partial charge >= 0.3 is 0 Å². The van der Waals surface area contributed by atoms with Crippen LogP contribution < -0.4 is 0 Å². The molecule has 0 aliphatic rings. The van der Waals surface area contributed by atoms with Crippen LogP contribution in [0.15, 0.2) is 54.9 Å². The maximum absolute atomic E-state index is 4.93. The first-order valence-corrected chi connectivity index (χ1v) is 6.27. The van der Waals surface area contributed by atoms with Crippen LogP contribution >= 0.6 is 0 Å². The number of aromatic nitrogens is 1. The topological polar surface area (TPSA) is 31.4 Å². The summed E-state index contributed by atoms with van der Waals surface area (Å²) in [6.45, 7) is 1.48. The number of hydrogen-bond acceptors (Lipinski definition) is 3. The smallest absolute Gasteiger partial charge is 0.0713 e. The maximum atomic E-state index is 4.93. The number of pyridine rings is 1. The molecule has 0 atom stereocenters. The Labute approximate surface area is 115 Å². The molecule has 0 bridgehead atoms. The molecule has 0 fully saturated rings. The van der Waals surface area contributed by atoms with Crippen LogP contribution in [0.25, 0.3) is 0 Å². The van der Waals surface area contributed by atoms with Crippen molar-refractivity contribution in [3.63, 3.8) is 0 Å². The number of nitrogens with zero attached hydrogens (tertiary/aromatic N) is 1. The van der Waals surface area contributed by atoms with Crippen molar-refractivity contribution >= 4 is 0 Å². The van der Waals surface area contributed by atoms with Gasteiger partial charge in [0.05, 0.1) is 13.2 Å². The molecule has 0 radical (unpaired) electrons. The van der Waals surface area contributed by atoms with Gasteiger partial charge in [0.1, 0.15) is 0 Å². The van der Waals surface area contributed by atoms with Crippen LogP contribution in [0.1, 0.15) is 11.1 Å². The van der Waals surface area contributed by atoms with Crippen molar-refractivity contribution in [2.75, 3.05) is 20.8 Å². The summed E-state index contributed by atoms with van der Waals surface area (Å²) in [5.41, 5.74) is 2.45. The van der Waals surface area contributed by atoms with Gasteiger partial charge in [-0.25, -0.2) is 0 Å². The highest BCUT2D eigenvalue weighted by molar-refractivity contribution is 5.13. The summed E-state index contributed by atoms with van der Waals surface area (Å²) in [5, 5.41) is 0. The van der Waals surface area contributed by atoms with Gasteiger partial charge in [0.25, 0.3) is 0 Å². The standard InChI is InChI=1S/C8H11NO.C8H10O/c1-10-6-4-8-3-2-5-9-7-8;1-9-7-8-5-3-2-4-6-8/h2-3,5,7H,4,6H2,1H3;2-6H,7H2,1H3. The minimum atomic E-state index is 0.709. The minimum absolute atomic E-state index is 0.709. The number of benzene rings is 1. The average molecular weight is 259 g/mol. The predicted octanol–water partition coefficient (Wildman–Crippen LogP) is 3.10. The fourth-order valence-electron chi connectivity index (χ4n) is 1.51. The van der Waals surface area contributed by atoms with Crippen molar-refractivity contribution in [1.29, 1.82) is 0 Å². The van der Waals surface area contributed by atoms with E-state index < -0.39 is 0 Å². The molecule has 3 nitrogen and oxygen atoms in total. The Kier molecular flexibility index (Phi) is 8.27. The van der Waals surface area contributed by atoms with E-state index in [0.717, 1.165) is 13.0 Å². The lowest BCUT2D eigenvalue weighted by Crippen LogP contribution is -1.93. The summed E-state index contributed by atoms with van der Waals surface area (Å²) < 4.78 is 9.85. The van der Waals surface area contributed by atoms with Gasteiger partial charge in [-0.1, -0.05) is 36.4 Å². The third-order valence-electron chi connectivity index (χ3n) is 2.47. The Morgan fingerprint density at radius 1 is 0.895 bits per heavy atom. The van der Waals surface area contributed by atoms with Crippen molar-refractivity contribution in [1.82, 2.24) is 4.98 Å². The Bertz CT molecular complexity index is 417. The number of methoxy groups -OCH3 is 2. The molecule has 0 aliphatic carbocycles. The highest BCUT2D eigenvalue weighted by atomic mass is 16.5. The largest absolute Gasteiger partial charge is 0.384 e. The van der Waals surface area contributed by atoms with Crippen molar-refractivity contribution < 1.29 is 9.47 Å². The predicted molar refractivity (Wildman–Crippen MR) is 77.0 cm³/mol. The molecule has 0 saturated heterocycles. The molecule has 0 N–H and O–H groups in total. The second kappa shape index (κ2) is 10.2. The Morgan fingerprint density at radius 3 is 2.21 bits per heavy atom. The van der Waals surface area contributed by atoms with Crippen LogP contribution in [-0.2, 0) is 22.5 Å². The maximum Gasteiger partial charge on any atom is 0.0713 e. The fourth-order valence-corrected chi connectivity index (χ4v) is 1.51. The van der Waals surface area contributed by atoms with Gasteiger partial charge in [-0.3, -0.25) is 4.98 Å². The Balaban J connectivity index is 0.000000191. The second-order valence-corrected chi connectivity index (χ2v) is 4.02. The van der Waals surface area contributed by atoms with E-state index in [1.807, 2.05) is 48.7 Å². The highest BCUT2D eigenvalue weighted by Gasteiger charge is 1.88. The van der Waals surface area contributed by atoms with E-state index in [1.165, 1.54) is 11.1 Å². The Hall–Kier alpha value is -1.71. The molecule has 0 unspecified atom stereocenters. The normalized spacial score (nSPS) is 9.58. The van der Waals surface area contributed by atoms with E-state index in [9.17, 15) is 0 Å². The van der Waals surface area contributed by atoms with Gasteiger partial charge in [0.2, 0.25) is 0 Å². The van der Waals surface area contributed by atoms with Gasteiger partial charge in [-0.2, -0.15) is 0 Å². The van der Waals surface area contributed by atoms with Crippen LogP contribution in [0.5, 0.6) is 0 Å². The molecule has 1 aromatic heterocycles. The van der Waals surface area contributed by atoms with Crippen LogP contribution in [0.3, 0.4) is 0 Å². The summed E-state index contributed by atoms with van der Waals surface area (Å²) in [5.74, 6) is 0. The zero-order valence-corrected chi connectivity index (χ0v) is 11.6. The molecule has 3 heteroatoms. The molecule has 1 heterocycles. The van der Waals surface area contributed by atoms with E-state index >= 15 is 0 Å². The molecule has 0 amide bonds. The number of ether oxygens (including phenoxy) is 2. The van der Waals surface area contributed by atoms with E-state index in [1.54, 1.807) is 20.4 Å². The van der Waals surface area contributed by atoms with Crippen molar-refractivity contribution in [2.45, 2.75) is 13.0 Å². The quantitative estimate of drug-likeness (QED) is 0.826. The third-order valence-corrected chi connectivity index (χ3v) is 2.47. The van der Waals surface area contributed by atoms with E-state index in [4.69, 9.17) is 9.47 Å². The summed E-state index contributed by atoms with van der Waals surface area (Å²) >= 11 is 0. The lowest BCUT2D eigenvalue weighted by molar-refractivity contribution is 0.185. The summed E-state index contributed by atoms with van der Waals surface area (Å²) in [6, 6.07) is 14.1. The first kappa shape index (κ1) is 15.3. The SMILES string of the molecule is COCCc1cccnc1.COCc1ccccc1. The molecule has 102 valence electrons. The molecule has 19 heavy (non-hydrogen) atoms. The molecule has 0 saturated carbocycles. The van der Waals surface area contributed by atoms with Gasteiger partial charge in [-0.15, -0.1) is 0 Å². The number of rotatable bonds is 5. The molecule has 0 aliphatic heterocycles. The average Bonchev–Trinajstić information content (AvgIpc) is 2.48. The summed E-state index contributed by atoms with van der Waals surface area (Å²) in [6.07, 6.45) is 4.58. The highest BCUT2D eigenvalue weighted by Crippen LogP contribution is 1.98. The van der Waals surface area contributed by atoms with Crippen LogP contribution in [0.2, 0.25) is 0 Å². The zero-order chi connectivity index (χ0) is 13.8. The molecule has 1 aromatic carbocycles. The second-order valence-electron chi connectivity index (χ2n) is 4.02. The molecule has 2 rings (SSSR count). The zero-order valence-electron chi connectivity index (χ0n) is 11.6. The van der Waals surface area contributed by atoms with Gasteiger partial charge in [0, 0.05) is 26.6 Å². The Morgan fingerprint density at radius 2 is 1.63 bits per heavy atom. The van der Waals surface area contributed by atoms with Gasteiger partial charge in [0.15, 0.2) is 0 Å². The molecule has 0 spiro atoms. The van der Waals surface area contributed by atoms with Gasteiger partial charge < -0.3 is 9.47 Å². The van der Waals surface area contributed by atoms with Crippen molar-refractivity contribution in [3.8, 4) is 0 Å². The summed E-state index contributed by atoms with van der Waals surface area (Å²) in [7, 11) is 3.41. The van der Waals surface area contributed by atoms with Crippen LogP contribution in [0.4, 0.5) is 0 Å². The number of hydrogen-bond donors (Lipinski definition) is 0. The van der Waals surface area contributed by atoms with E-state index in [2.05, 4.69) is 4.98 Å². The van der Waals surface area contributed by atoms with Crippen LogP contribution in [0, 0.1) is 0 Å². The third kappa shape index (κ3) is 7.34. The monoisotopic (exact) mass is 259 g/mol. The first-order valence-electron chi connectivity index (χ1n) is 6.27. The lowest BCUT2D eigenvalue weighted by atomic mass is 10.2. The van der Waals surface area contributed by atoms with Crippen molar-refractivity contribution in [2.24, 2.45) is 0 Å². The molecular formula is C16H21NO2. The molecular weight excluding hydrogens is 238 g/mol. The van der Waals surface area contributed by atoms with E-state index in [0.29, 0.717) is 6.61 Å². The fraction of sp³-hybridized carbons (Fsp3) is 0.312. The van der Waals surface area contributed by atoms with Crippen molar-refractivity contribution in [3.05, 3.63) is 66.0 Å². The first-order chi connectivity index (χ1) is 9.36. The van der Waals surface area contributed by atoms with Crippen LogP contribution in [-0.4, -0.2) is 25.8 Å². The molecule has 2 aromatic rings. The van der Waals surface area contributed by atoms with E-state index in [-0.39, 0.29) is 0 Å².